The van der Waals surface area contributed by atoms with Crippen molar-refractivity contribution in [2.24, 2.45) is 5.92 Å². The molecular weight excluding hydrogens is 907 g/mol. The fraction of sp³-hybridized carbons (Fsp3) is 0.240. The van der Waals surface area contributed by atoms with Crippen molar-refractivity contribution in [3.63, 3.8) is 0 Å². The van der Waals surface area contributed by atoms with Crippen molar-refractivity contribution < 1.29 is 24.5 Å². The second-order valence-electron chi connectivity index (χ2n) is 17.5. The molecule has 0 fully saturated rings. The van der Waals surface area contributed by atoms with Crippen LogP contribution in [0.3, 0.4) is 0 Å². The van der Waals surface area contributed by atoms with Gasteiger partial charge in [0.15, 0.2) is 0 Å². The van der Waals surface area contributed by atoms with Crippen molar-refractivity contribution in [2.75, 3.05) is 0 Å². The topological polar surface area (TPSA) is 69.6 Å². The quantitative estimate of drug-likeness (QED) is 0.123. The van der Waals surface area contributed by atoms with E-state index in [-0.39, 0.29) is 25.5 Å². The van der Waals surface area contributed by atoms with Crippen LogP contribution in [0, 0.1) is 25.1 Å². The van der Waals surface area contributed by atoms with E-state index in [9.17, 15) is 0 Å². The molecule has 0 aliphatic heterocycles. The Hall–Kier alpha value is -5.27. The molecule has 6 nitrogen and oxygen atoms in total. The van der Waals surface area contributed by atoms with Crippen molar-refractivity contribution in [3.05, 3.63) is 145 Å². The van der Waals surface area contributed by atoms with Crippen molar-refractivity contribution in [1.82, 2.24) is 24.5 Å². The molecule has 0 bridgehead atoms. The number of fused-ring (bicyclic) bond motifs is 5. The largest absolute Gasteiger partial charge is 0.483 e. The zero-order valence-corrected chi connectivity index (χ0v) is 38.1. The normalized spacial score (nSPS) is 12.0. The van der Waals surface area contributed by atoms with Crippen molar-refractivity contribution >= 4 is 57.1 Å². The van der Waals surface area contributed by atoms with Gasteiger partial charge >= 0.3 is 0 Å². The van der Waals surface area contributed by atoms with E-state index in [2.05, 4.69) is 154 Å². The average molecular weight is 956 g/mol. The van der Waals surface area contributed by atoms with Gasteiger partial charge in [0.2, 0.25) is 0 Å². The van der Waals surface area contributed by atoms with Gasteiger partial charge in [-0.3, -0.25) is 9.97 Å². The van der Waals surface area contributed by atoms with Gasteiger partial charge in [0.05, 0.1) is 31.1 Å². The molecular formula is C50H49IrN5OSi-2. The molecule has 9 rings (SSSR count). The summed E-state index contributed by atoms with van der Waals surface area (Å²) in [6, 6.07) is 39.0. The first-order valence-corrected chi connectivity index (χ1v) is 23.3. The van der Waals surface area contributed by atoms with E-state index in [4.69, 9.17) is 14.4 Å². The monoisotopic (exact) mass is 956 g/mol. The summed E-state index contributed by atoms with van der Waals surface area (Å²) >= 11 is 0. The van der Waals surface area contributed by atoms with Crippen LogP contribution >= 0.6 is 0 Å². The van der Waals surface area contributed by atoms with Crippen LogP contribution in [0.5, 0.6) is 0 Å². The molecule has 0 aliphatic carbocycles. The summed E-state index contributed by atoms with van der Waals surface area (Å²) in [6.07, 6.45) is 8.29. The first-order chi connectivity index (χ1) is 27.2. The van der Waals surface area contributed by atoms with Gasteiger partial charge in [-0.25, -0.2) is 0 Å². The zero-order chi connectivity index (χ0) is 40.1. The Morgan fingerprint density at radius 1 is 0.810 bits per heavy atom. The van der Waals surface area contributed by atoms with Gasteiger partial charge < -0.3 is 19.0 Å². The maximum Gasteiger partial charge on any atom is 0.141 e. The van der Waals surface area contributed by atoms with Gasteiger partial charge in [0.25, 0.3) is 0 Å². The van der Waals surface area contributed by atoms with Gasteiger partial charge in [-0.1, -0.05) is 131 Å². The minimum atomic E-state index is -1.39. The second kappa shape index (κ2) is 16.2. The van der Waals surface area contributed by atoms with Crippen LogP contribution in [0.25, 0.3) is 72.2 Å². The minimum Gasteiger partial charge on any atom is -0.483 e. The molecule has 58 heavy (non-hydrogen) atoms. The van der Waals surface area contributed by atoms with Gasteiger partial charge in [-0.15, -0.1) is 35.2 Å². The molecule has 295 valence electrons. The summed E-state index contributed by atoms with van der Waals surface area (Å²) in [5, 5.41) is 5.94. The van der Waals surface area contributed by atoms with Crippen molar-refractivity contribution in [1.29, 1.82) is 0 Å². The molecule has 4 aromatic carbocycles. The van der Waals surface area contributed by atoms with Crippen LogP contribution < -0.4 is 5.19 Å². The molecule has 5 aromatic heterocycles. The second-order valence-corrected chi connectivity index (χ2v) is 22.5. The minimum absolute atomic E-state index is 0. The predicted octanol–water partition coefficient (Wildman–Crippen LogP) is 12.2. The molecule has 0 spiro atoms. The smallest absolute Gasteiger partial charge is 0.141 e. The molecule has 1 radical (unpaired) electrons. The third kappa shape index (κ3) is 8.19. The number of hydrogen-bond acceptors (Lipinski definition) is 5. The van der Waals surface area contributed by atoms with Crippen molar-refractivity contribution in [3.8, 4) is 28.3 Å². The summed E-state index contributed by atoms with van der Waals surface area (Å²) in [4.78, 5) is 18.9. The Morgan fingerprint density at radius 3 is 2.26 bits per heavy atom. The number of imidazole rings is 1. The maximum atomic E-state index is 5.90. The number of pyridine rings is 3. The van der Waals surface area contributed by atoms with Crippen LogP contribution in [0.4, 0.5) is 0 Å². The standard InChI is InChI=1S/C28H23N4O.C22H26NSi.Ir/c1-17-13-23-24(16-29-17)32(20-11-9-19(10-12-20)28(2,3)4)26(31-23)18-14-22-21-7-5-6-8-25(21)33-27(22)30-15-18;1-16(2)13-18-14-21(23-15-22(18)24(3,4)5)20-12-8-10-17-9-6-7-11-19(17)20;/h5-14,16H,1-4H3;6-11,14-16H,13H2,1-5H3;/q2*-1;. The molecule has 0 aliphatic rings. The van der Waals surface area contributed by atoms with Gasteiger partial charge in [-0.05, 0) is 77.0 Å². The Bertz CT molecular complexity index is 2890. The van der Waals surface area contributed by atoms with Gasteiger partial charge in [0, 0.05) is 43.1 Å². The number of furan rings is 1. The van der Waals surface area contributed by atoms with E-state index in [0.29, 0.717) is 11.6 Å². The Kier molecular flexibility index (Phi) is 11.4. The number of benzene rings is 4. The first-order valence-electron chi connectivity index (χ1n) is 19.8. The average Bonchev–Trinajstić information content (AvgIpc) is 3.75. The van der Waals surface area contributed by atoms with E-state index in [0.717, 1.165) is 67.8 Å². The number of aromatic nitrogens is 5. The Balaban J connectivity index is 0.000000183. The molecule has 0 amide bonds. The molecule has 9 aromatic rings. The van der Waals surface area contributed by atoms with Crippen molar-refractivity contribution in [2.45, 2.75) is 73.0 Å². The van der Waals surface area contributed by atoms with Gasteiger partial charge in [-0.2, -0.15) is 0 Å². The zero-order valence-electron chi connectivity index (χ0n) is 34.7. The summed E-state index contributed by atoms with van der Waals surface area (Å²) < 4.78 is 8.03. The number of aryl methyl sites for hydroxylation is 1. The van der Waals surface area contributed by atoms with Crippen LogP contribution in [0.2, 0.25) is 19.6 Å². The molecule has 0 atom stereocenters. The van der Waals surface area contributed by atoms with E-state index < -0.39 is 8.07 Å². The van der Waals surface area contributed by atoms with Crippen LogP contribution in [0.1, 0.15) is 51.4 Å². The summed E-state index contributed by atoms with van der Waals surface area (Å²) in [6.45, 7) is 20.4. The molecule has 5 heterocycles. The van der Waals surface area contributed by atoms with Crippen LogP contribution in [-0.2, 0) is 31.9 Å². The summed E-state index contributed by atoms with van der Waals surface area (Å²) in [5.74, 6) is 1.42. The van der Waals surface area contributed by atoms with Crippen LogP contribution in [0.15, 0.2) is 120 Å². The molecule has 0 unspecified atom stereocenters. The van der Waals surface area contributed by atoms with E-state index >= 15 is 0 Å². The fourth-order valence-corrected chi connectivity index (χ4v) is 9.19. The third-order valence-corrected chi connectivity index (χ3v) is 12.6. The van der Waals surface area contributed by atoms with Crippen LogP contribution in [-0.4, -0.2) is 32.6 Å². The van der Waals surface area contributed by atoms with E-state index in [1.165, 1.54) is 27.1 Å². The SMILES string of the molecule is CC(C)Cc1cc(-c2[c-]ccc3ccccc23)ncc1[Si](C)(C)C.Cc1cc2nc(-c3[c-]nc4oc5ccccc5c4c3)n(-c3ccc(C(C)(C)C)cc3)c2cn1.[Ir]. The van der Waals surface area contributed by atoms with E-state index in [1.807, 2.05) is 49.5 Å². The molecule has 8 heteroatoms. The summed E-state index contributed by atoms with van der Waals surface area (Å²) in [7, 11) is -1.39. The molecule has 0 saturated heterocycles. The fourth-order valence-electron chi connectivity index (χ4n) is 7.60. The number of nitrogens with zero attached hydrogens (tertiary/aromatic N) is 5. The Morgan fingerprint density at radius 2 is 1.53 bits per heavy atom. The summed E-state index contributed by atoms with van der Waals surface area (Å²) in [5.41, 5.74) is 11.0. The Labute approximate surface area is 356 Å². The predicted molar refractivity (Wildman–Crippen MR) is 239 cm³/mol. The molecule has 0 N–H and O–H groups in total. The number of hydrogen-bond donors (Lipinski definition) is 0. The molecule has 0 saturated carbocycles. The number of rotatable bonds is 6. The van der Waals surface area contributed by atoms with E-state index in [1.54, 1.807) is 0 Å². The maximum absolute atomic E-state index is 5.90. The number of para-hydroxylation sites is 1. The first kappa shape index (κ1) is 40.9. The van der Waals surface area contributed by atoms with Gasteiger partial charge in [0.1, 0.15) is 11.3 Å². The third-order valence-electron chi connectivity index (χ3n) is 10.5.